The van der Waals surface area contributed by atoms with Gasteiger partial charge in [0.2, 0.25) is 0 Å². The molecule has 1 unspecified atom stereocenters. The molecular weight excluding hydrogens is 220 g/mol. The minimum Gasteiger partial charge on any atom is -0.387 e. The summed E-state index contributed by atoms with van der Waals surface area (Å²) in [5.41, 5.74) is 2.87. The van der Waals surface area contributed by atoms with Crippen molar-refractivity contribution >= 4 is 15.9 Å². The minimum absolute atomic E-state index is 0.446. The van der Waals surface area contributed by atoms with Gasteiger partial charge in [0, 0.05) is 23.6 Å². The van der Waals surface area contributed by atoms with E-state index in [0.29, 0.717) is 5.33 Å². The second kappa shape index (κ2) is 3.58. The zero-order valence-corrected chi connectivity index (χ0v) is 9.09. The molecular formula is C8H13BrN2O. The molecule has 1 atom stereocenters. The summed E-state index contributed by atoms with van der Waals surface area (Å²) in [6.45, 7) is 3.87. The summed E-state index contributed by atoms with van der Waals surface area (Å²) in [6, 6.07) is 0. The van der Waals surface area contributed by atoms with Gasteiger partial charge in [-0.05, 0) is 13.8 Å². The number of alkyl halides is 1. The maximum Gasteiger partial charge on any atom is 0.0922 e. The van der Waals surface area contributed by atoms with Crippen LogP contribution in [0.1, 0.15) is 23.1 Å². The summed E-state index contributed by atoms with van der Waals surface area (Å²) in [4.78, 5) is 0. The number of nitrogens with zero attached hydrogens (tertiary/aromatic N) is 2. The molecule has 68 valence electrons. The third-order valence-corrected chi connectivity index (χ3v) is 2.66. The van der Waals surface area contributed by atoms with Gasteiger partial charge in [0.15, 0.2) is 0 Å². The van der Waals surface area contributed by atoms with Crippen molar-refractivity contribution in [3.05, 3.63) is 17.0 Å². The van der Waals surface area contributed by atoms with Crippen LogP contribution in [0, 0.1) is 13.8 Å². The molecule has 0 bridgehead atoms. The van der Waals surface area contributed by atoms with Crippen LogP contribution >= 0.6 is 15.9 Å². The van der Waals surface area contributed by atoms with E-state index in [4.69, 9.17) is 0 Å². The van der Waals surface area contributed by atoms with Gasteiger partial charge in [-0.3, -0.25) is 4.68 Å². The molecule has 0 aromatic carbocycles. The zero-order chi connectivity index (χ0) is 9.30. The molecule has 0 aliphatic heterocycles. The quantitative estimate of drug-likeness (QED) is 0.785. The number of aliphatic hydroxyl groups is 1. The molecule has 1 aromatic rings. The molecule has 12 heavy (non-hydrogen) atoms. The molecule has 0 fully saturated rings. The molecule has 1 heterocycles. The van der Waals surface area contributed by atoms with Gasteiger partial charge in [0.25, 0.3) is 0 Å². The average Bonchev–Trinajstić information content (AvgIpc) is 2.26. The number of halogens is 1. The van der Waals surface area contributed by atoms with E-state index >= 15 is 0 Å². The van der Waals surface area contributed by atoms with Gasteiger partial charge in [-0.25, -0.2) is 0 Å². The molecule has 4 heteroatoms. The molecule has 0 spiro atoms. The monoisotopic (exact) mass is 232 g/mol. The van der Waals surface area contributed by atoms with E-state index in [1.165, 1.54) is 0 Å². The largest absolute Gasteiger partial charge is 0.387 e. The van der Waals surface area contributed by atoms with Crippen LogP contribution in [0.3, 0.4) is 0 Å². The fourth-order valence-corrected chi connectivity index (χ4v) is 1.67. The fraction of sp³-hybridized carbons (Fsp3) is 0.625. The van der Waals surface area contributed by atoms with Crippen LogP contribution in [0.25, 0.3) is 0 Å². The van der Waals surface area contributed by atoms with Crippen molar-refractivity contribution in [3.8, 4) is 0 Å². The molecule has 0 aliphatic rings. The molecule has 1 rings (SSSR count). The third-order valence-electron chi connectivity index (χ3n) is 2.04. The van der Waals surface area contributed by atoms with Crippen LogP contribution in [-0.4, -0.2) is 20.2 Å². The third kappa shape index (κ3) is 1.54. The Kier molecular flexibility index (Phi) is 2.90. The second-order valence-corrected chi connectivity index (χ2v) is 3.53. The Morgan fingerprint density at radius 2 is 2.17 bits per heavy atom. The lowest BCUT2D eigenvalue weighted by molar-refractivity contribution is 0.204. The lowest BCUT2D eigenvalue weighted by Gasteiger charge is -2.06. The summed E-state index contributed by atoms with van der Waals surface area (Å²) in [6.07, 6.45) is -0.446. The Labute approximate surface area is 80.5 Å². The Hall–Kier alpha value is -0.350. The molecule has 1 N–H and O–H groups in total. The van der Waals surface area contributed by atoms with Crippen LogP contribution in [0.5, 0.6) is 0 Å². The first-order valence-electron chi connectivity index (χ1n) is 3.82. The molecule has 1 aromatic heterocycles. The van der Waals surface area contributed by atoms with Gasteiger partial charge >= 0.3 is 0 Å². The van der Waals surface area contributed by atoms with E-state index in [2.05, 4.69) is 21.0 Å². The van der Waals surface area contributed by atoms with Crippen molar-refractivity contribution in [2.75, 3.05) is 5.33 Å². The summed E-state index contributed by atoms with van der Waals surface area (Å²) >= 11 is 3.24. The van der Waals surface area contributed by atoms with Gasteiger partial charge in [-0.1, -0.05) is 15.9 Å². The van der Waals surface area contributed by atoms with Crippen molar-refractivity contribution in [3.63, 3.8) is 0 Å². The number of aromatic nitrogens is 2. The standard InChI is InChI=1S/C8H13BrN2O/c1-5-8(7(12)4-9)6(2)11(3)10-5/h7,12H,4H2,1-3H3. The van der Waals surface area contributed by atoms with Gasteiger partial charge in [0.1, 0.15) is 0 Å². The van der Waals surface area contributed by atoms with E-state index in [9.17, 15) is 5.11 Å². The van der Waals surface area contributed by atoms with E-state index in [1.807, 2.05) is 20.9 Å². The van der Waals surface area contributed by atoms with Crippen molar-refractivity contribution in [1.82, 2.24) is 9.78 Å². The van der Waals surface area contributed by atoms with Crippen LogP contribution in [0.15, 0.2) is 0 Å². The number of rotatable bonds is 2. The normalized spacial score (nSPS) is 13.4. The van der Waals surface area contributed by atoms with Crippen molar-refractivity contribution in [2.24, 2.45) is 7.05 Å². The Balaban J connectivity index is 3.13. The van der Waals surface area contributed by atoms with Crippen LogP contribution < -0.4 is 0 Å². The van der Waals surface area contributed by atoms with Gasteiger partial charge < -0.3 is 5.11 Å². The first-order chi connectivity index (χ1) is 5.57. The van der Waals surface area contributed by atoms with Crippen molar-refractivity contribution in [1.29, 1.82) is 0 Å². The Bertz CT molecular complexity index is 283. The van der Waals surface area contributed by atoms with Crippen molar-refractivity contribution in [2.45, 2.75) is 20.0 Å². The smallest absolute Gasteiger partial charge is 0.0922 e. The topological polar surface area (TPSA) is 38.0 Å². The van der Waals surface area contributed by atoms with E-state index in [0.717, 1.165) is 17.0 Å². The van der Waals surface area contributed by atoms with Crippen LogP contribution in [-0.2, 0) is 7.05 Å². The average molecular weight is 233 g/mol. The van der Waals surface area contributed by atoms with Crippen LogP contribution in [0.4, 0.5) is 0 Å². The highest BCUT2D eigenvalue weighted by atomic mass is 79.9. The van der Waals surface area contributed by atoms with E-state index in [-0.39, 0.29) is 0 Å². The maximum absolute atomic E-state index is 9.60. The number of aliphatic hydroxyl groups excluding tert-OH is 1. The summed E-state index contributed by atoms with van der Waals surface area (Å²) in [5, 5.41) is 14.4. The molecule has 0 aliphatic carbocycles. The summed E-state index contributed by atoms with van der Waals surface area (Å²) in [5.74, 6) is 0. The molecule has 0 radical (unpaired) electrons. The number of hydrogen-bond donors (Lipinski definition) is 1. The van der Waals surface area contributed by atoms with Gasteiger partial charge in [-0.15, -0.1) is 0 Å². The predicted octanol–water partition coefficient (Wildman–Crippen LogP) is 1.47. The highest BCUT2D eigenvalue weighted by Gasteiger charge is 2.16. The fourth-order valence-electron chi connectivity index (χ4n) is 1.35. The summed E-state index contributed by atoms with van der Waals surface area (Å²) in [7, 11) is 1.88. The molecule has 0 saturated carbocycles. The highest BCUT2D eigenvalue weighted by Crippen LogP contribution is 2.21. The highest BCUT2D eigenvalue weighted by molar-refractivity contribution is 9.09. The van der Waals surface area contributed by atoms with Gasteiger partial charge in [-0.2, -0.15) is 5.10 Å². The first-order valence-corrected chi connectivity index (χ1v) is 4.94. The predicted molar refractivity (Wildman–Crippen MR) is 51.4 cm³/mol. The summed E-state index contributed by atoms with van der Waals surface area (Å²) < 4.78 is 1.79. The van der Waals surface area contributed by atoms with E-state index < -0.39 is 6.10 Å². The van der Waals surface area contributed by atoms with E-state index in [1.54, 1.807) is 4.68 Å². The minimum atomic E-state index is -0.446. The Morgan fingerprint density at radius 3 is 2.50 bits per heavy atom. The maximum atomic E-state index is 9.60. The lowest BCUT2D eigenvalue weighted by Crippen LogP contribution is -2.01. The lowest BCUT2D eigenvalue weighted by atomic mass is 10.1. The van der Waals surface area contributed by atoms with Crippen LogP contribution in [0.2, 0.25) is 0 Å². The SMILES string of the molecule is Cc1nn(C)c(C)c1C(O)CBr. The number of aryl methyl sites for hydroxylation is 2. The second-order valence-electron chi connectivity index (χ2n) is 2.88. The molecule has 3 nitrogen and oxygen atoms in total. The zero-order valence-electron chi connectivity index (χ0n) is 7.50. The Morgan fingerprint density at radius 1 is 1.58 bits per heavy atom. The van der Waals surface area contributed by atoms with Crippen molar-refractivity contribution < 1.29 is 5.11 Å². The van der Waals surface area contributed by atoms with Gasteiger partial charge in [0.05, 0.1) is 11.8 Å². The number of hydrogen-bond acceptors (Lipinski definition) is 2. The molecule has 0 saturated heterocycles. The first kappa shape index (κ1) is 9.74. The molecule has 0 amide bonds.